The van der Waals surface area contributed by atoms with Crippen LogP contribution in [0.2, 0.25) is 5.02 Å². The smallest absolute Gasteiger partial charge is 0.351 e. The second kappa shape index (κ2) is 6.72. The molecule has 0 unspecified atom stereocenters. The molecule has 0 amide bonds. The number of carbonyl (C=O) groups is 1. The largest absolute Gasteiger partial charge is 0.422 e. The van der Waals surface area contributed by atoms with E-state index in [1.54, 1.807) is 36.5 Å². The van der Waals surface area contributed by atoms with Crippen LogP contribution in [0.15, 0.2) is 82.1 Å². The standard InChI is InChI=1S/C23H12ClNO4/c24-18-8-10-20(21-15(18)6-3-11-25-21)29-23(27)17-12-16-14-5-2-1-4-13(14)7-9-19(16)28-22(17)26/h1-12H. The molecule has 29 heavy (non-hydrogen) atoms. The van der Waals surface area contributed by atoms with Crippen molar-refractivity contribution in [2.24, 2.45) is 0 Å². The number of pyridine rings is 1. The first-order chi connectivity index (χ1) is 14.1. The van der Waals surface area contributed by atoms with E-state index in [9.17, 15) is 9.59 Å². The Morgan fingerprint density at radius 3 is 2.66 bits per heavy atom. The molecule has 2 heterocycles. The maximum Gasteiger partial charge on any atom is 0.351 e. The topological polar surface area (TPSA) is 69.4 Å². The van der Waals surface area contributed by atoms with Crippen LogP contribution in [0.25, 0.3) is 32.6 Å². The van der Waals surface area contributed by atoms with Crippen LogP contribution in [0.4, 0.5) is 0 Å². The highest BCUT2D eigenvalue weighted by atomic mass is 35.5. The van der Waals surface area contributed by atoms with Gasteiger partial charge in [0.15, 0.2) is 5.75 Å². The van der Waals surface area contributed by atoms with E-state index in [2.05, 4.69) is 4.98 Å². The molecule has 0 bridgehead atoms. The summed E-state index contributed by atoms with van der Waals surface area (Å²) in [4.78, 5) is 29.5. The Hall–Kier alpha value is -3.70. The molecule has 0 atom stereocenters. The van der Waals surface area contributed by atoms with Gasteiger partial charge in [0.2, 0.25) is 0 Å². The zero-order valence-electron chi connectivity index (χ0n) is 14.9. The summed E-state index contributed by atoms with van der Waals surface area (Å²) in [6, 6.07) is 19.4. The molecule has 0 spiro atoms. The van der Waals surface area contributed by atoms with Gasteiger partial charge in [0.05, 0.1) is 5.02 Å². The third-order valence-corrected chi connectivity index (χ3v) is 5.07. The molecule has 5 aromatic rings. The monoisotopic (exact) mass is 401 g/mol. The summed E-state index contributed by atoms with van der Waals surface area (Å²) < 4.78 is 10.9. The van der Waals surface area contributed by atoms with Crippen molar-refractivity contribution in [3.8, 4) is 5.75 Å². The molecule has 0 fully saturated rings. The van der Waals surface area contributed by atoms with Crippen molar-refractivity contribution >= 4 is 50.2 Å². The number of carbonyl (C=O) groups excluding carboxylic acids is 1. The molecular formula is C23H12ClNO4. The Kier molecular flexibility index (Phi) is 4.03. The van der Waals surface area contributed by atoms with Gasteiger partial charge in [0, 0.05) is 17.0 Å². The Balaban J connectivity index is 1.63. The van der Waals surface area contributed by atoms with Gasteiger partial charge >= 0.3 is 11.6 Å². The van der Waals surface area contributed by atoms with Crippen LogP contribution in [0, 0.1) is 0 Å². The Bertz CT molecular complexity index is 1490. The van der Waals surface area contributed by atoms with Gasteiger partial charge in [-0.05, 0) is 47.2 Å². The zero-order valence-corrected chi connectivity index (χ0v) is 15.6. The number of esters is 1. The molecule has 0 radical (unpaired) electrons. The van der Waals surface area contributed by atoms with Gasteiger partial charge < -0.3 is 9.15 Å². The molecule has 0 N–H and O–H groups in total. The number of ether oxygens (including phenoxy) is 1. The predicted octanol–water partition coefficient (Wildman–Crippen LogP) is 5.37. The van der Waals surface area contributed by atoms with Gasteiger partial charge in [0.1, 0.15) is 16.7 Å². The van der Waals surface area contributed by atoms with Crippen molar-refractivity contribution < 1.29 is 13.9 Å². The first kappa shape index (κ1) is 17.4. The van der Waals surface area contributed by atoms with Gasteiger partial charge in [-0.25, -0.2) is 9.59 Å². The SMILES string of the molecule is O=C(Oc1ccc(Cl)c2cccnc12)c1cc2c(ccc3ccccc32)oc1=O. The van der Waals surface area contributed by atoms with Gasteiger partial charge in [-0.2, -0.15) is 0 Å². The van der Waals surface area contributed by atoms with E-state index in [4.69, 9.17) is 20.8 Å². The second-order valence-corrected chi connectivity index (χ2v) is 6.89. The van der Waals surface area contributed by atoms with Crippen LogP contribution >= 0.6 is 11.6 Å². The summed E-state index contributed by atoms with van der Waals surface area (Å²) in [7, 11) is 0. The molecule has 0 aliphatic rings. The average Bonchev–Trinajstić information content (AvgIpc) is 2.75. The molecular weight excluding hydrogens is 390 g/mol. The van der Waals surface area contributed by atoms with E-state index in [0.29, 0.717) is 26.9 Å². The normalized spacial score (nSPS) is 11.2. The van der Waals surface area contributed by atoms with Crippen LogP contribution in [0.1, 0.15) is 10.4 Å². The highest BCUT2D eigenvalue weighted by Crippen LogP contribution is 2.30. The lowest BCUT2D eigenvalue weighted by Crippen LogP contribution is -2.19. The summed E-state index contributed by atoms with van der Waals surface area (Å²) in [6.07, 6.45) is 1.58. The van der Waals surface area contributed by atoms with Crippen molar-refractivity contribution in [2.75, 3.05) is 0 Å². The molecule has 0 aliphatic heterocycles. The molecule has 5 nitrogen and oxygen atoms in total. The molecule has 0 saturated heterocycles. The number of benzene rings is 3. The summed E-state index contributed by atoms with van der Waals surface area (Å²) >= 11 is 6.18. The fourth-order valence-corrected chi connectivity index (χ4v) is 3.58. The molecule has 0 saturated carbocycles. The Morgan fingerprint density at radius 2 is 1.76 bits per heavy atom. The quantitative estimate of drug-likeness (QED) is 0.172. The van der Waals surface area contributed by atoms with Gasteiger partial charge in [-0.1, -0.05) is 41.9 Å². The second-order valence-electron chi connectivity index (χ2n) is 6.48. The van der Waals surface area contributed by atoms with Crippen molar-refractivity contribution in [1.29, 1.82) is 0 Å². The van der Waals surface area contributed by atoms with Crippen LogP contribution < -0.4 is 10.4 Å². The number of fused-ring (bicyclic) bond motifs is 4. The van der Waals surface area contributed by atoms with Crippen molar-refractivity contribution in [1.82, 2.24) is 4.98 Å². The van der Waals surface area contributed by atoms with E-state index in [1.807, 2.05) is 30.3 Å². The third kappa shape index (κ3) is 2.92. The Labute approximate surface area is 169 Å². The molecule has 0 aliphatic carbocycles. The summed E-state index contributed by atoms with van der Waals surface area (Å²) in [5, 5.41) is 3.65. The van der Waals surface area contributed by atoms with Crippen LogP contribution in [0.3, 0.4) is 0 Å². The summed E-state index contributed by atoms with van der Waals surface area (Å²) in [5.41, 5.74) is -0.107. The summed E-state index contributed by atoms with van der Waals surface area (Å²) in [5.74, 6) is -0.602. The summed E-state index contributed by atoms with van der Waals surface area (Å²) in [6.45, 7) is 0. The van der Waals surface area contributed by atoms with E-state index >= 15 is 0 Å². The highest BCUT2D eigenvalue weighted by molar-refractivity contribution is 6.35. The first-order valence-electron chi connectivity index (χ1n) is 8.83. The predicted molar refractivity (Wildman–Crippen MR) is 112 cm³/mol. The number of aromatic nitrogens is 1. The number of rotatable bonds is 2. The van der Waals surface area contributed by atoms with Crippen LogP contribution in [-0.4, -0.2) is 11.0 Å². The lowest BCUT2D eigenvalue weighted by Gasteiger charge is -2.08. The Morgan fingerprint density at radius 1 is 0.931 bits per heavy atom. The number of hydrogen-bond acceptors (Lipinski definition) is 5. The van der Waals surface area contributed by atoms with E-state index in [0.717, 1.165) is 10.8 Å². The lowest BCUT2D eigenvalue weighted by molar-refractivity contribution is 0.0732. The minimum atomic E-state index is -0.817. The third-order valence-electron chi connectivity index (χ3n) is 4.74. The zero-order chi connectivity index (χ0) is 20.0. The van der Waals surface area contributed by atoms with E-state index < -0.39 is 11.6 Å². The van der Waals surface area contributed by atoms with Gasteiger partial charge in [0.25, 0.3) is 0 Å². The van der Waals surface area contributed by atoms with Crippen molar-refractivity contribution in [2.45, 2.75) is 0 Å². The molecule has 3 aromatic carbocycles. The first-order valence-corrected chi connectivity index (χ1v) is 9.20. The minimum absolute atomic E-state index is 0.187. The molecule has 5 rings (SSSR count). The number of hydrogen-bond donors (Lipinski definition) is 0. The maximum atomic E-state index is 12.8. The lowest BCUT2D eigenvalue weighted by atomic mass is 10.0. The fourth-order valence-electron chi connectivity index (χ4n) is 3.36. The minimum Gasteiger partial charge on any atom is -0.422 e. The van der Waals surface area contributed by atoms with E-state index in [-0.39, 0.29) is 11.3 Å². The van der Waals surface area contributed by atoms with Crippen molar-refractivity contribution in [3.05, 3.63) is 93.9 Å². The van der Waals surface area contributed by atoms with Crippen molar-refractivity contribution in [3.63, 3.8) is 0 Å². The number of halogens is 1. The fraction of sp³-hybridized carbons (Fsp3) is 0. The van der Waals surface area contributed by atoms with Crippen LogP contribution in [0.5, 0.6) is 5.75 Å². The van der Waals surface area contributed by atoms with Gasteiger partial charge in [-0.3, -0.25) is 4.98 Å². The molecule has 140 valence electrons. The van der Waals surface area contributed by atoms with E-state index in [1.165, 1.54) is 6.07 Å². The van der Waals surface area contributed by atoms with Crippen LogP contribution in [-0.2, 0) is 0 Å². The average molecular weight is 402 g/mol. The number of nitrogens with zero attached hydrogens (tertiary/aromatic N) is 1. The maximum absolute atomic E-state index is 12.8. The molecule has 2 aromatic heterocycles. The van der Waals surface area contributed by atoms with Gasteiger partial charge in [-0.15, -0.1) is 0 Å². The highest BCUT2D eigenvalue weighted by Gasteiger charge is 2.19. The molecule has 6 heteroatoms.